The minimum Gasteiger partial charge on any atom is -0.480 e. The van der Waals surface area contributed by atoms with Crippen LogP contribution in [0, 0.1) is 17.1 Å². The van der Waals surface area contributed by atoms with E-state index in [-0.39, 0.29) is 5.56 Å². The summed E-state index contributed by atoms with van der Waals surface area (Å²) in [7, 11) is 1.47. The molecule has 2 rings (SSSR count). The highest BCUT2D eigenvalue weighted by Crippen LogP contribution is 2.28. The Hall–Kier alpha value is -2.00. The van der Waals surface area contributed by atoms with Crippen molar-refractivity contribution in [1.82, 2.24) is 10.2 Å². The average molecular weight is 322 g/mol. The number of hydrogen-bond acceptors (Lipinski definition) is 4. The second-order valence-corrected chi connectivity index (χ2v) is 4.56. The Labute approximate surface area is 118 Å². The Kier molecular flexibility index (Phi) is 4.07. The van der Waals surface area contributed by atoms with E-state index in [2.05, 4.69) is 26.1 Å². The number of nitrogens with zero attached hydrogens (tertiary/aromatic N) is 3. The molecule has 0 aliphatic carbocycles. The van der Waals surface area contributed by atoms with Gasteiger partial charge in [0.25, 0.3) is 0 Å². The second-order valence-electron chi connectivity index (χ2n) is 3.71. The molecule has 2 aromatic rings. The Morgan fingerprint density at radius 1 is 1.32 bits per heavy atom. The zero-order valence-corrected chi connectivity index (χ0v) is 11.6. The summed E-state index contributed by atoms with van der Waals surface area (Å²) in [6.45, 7) is 0. The summed E-state index contributed by atoms with van der Waals surface area (Å²) in [6, 6.07) is 10.0. The van der Waals surface area contributed by atoms with Gasteiger partial charge in [-0.05, 0) is 28.1 Å². The van der Waals surface area contributed by atoms with E-state index >= 15 is 0 Å². The molecule has 1 atom stereocenters. The van der Waals surface area contributed by atoms with Gasteiger partial charge < -0.3 is 4.74 Å². The molecule has 0 saturated carbocycles. The van der Waals surface area contributed by atoms with Crippen molar-refractivity contribution in [2.75, 3.05) is 7.11 Å². The maximum absolute atomic E-state index is 14.0. The van der Waals surface area contributed by atoms with Crippen LogP contribution in [0.25, 0.3) is 0 Å². The molecule has 96 valence electrons. The molecule has 1 aromatic carbocycles. The Balaban J connectivity index is 2.44. The van der Waals surface area contributed by atoms with Crippen molar-refractivity contribution in [2.24, 2.45) is 0 Å². The standard InChI is InChI=1S/C13H9BrFN3O/c1-19-12-6-5-11(17-18-12)9(7-16)8-3-2-4-10(14)13(8)15/h2-6,9H,1H3. The summed E-state index contributed by atoms with van der Waals surface area (Å²) < 4.78 is 19.2. The molecule has 0 amide bonds. The molecule has 0 radical (unpaired) electrons. The first-order chi connectivity index (χ1) is 9.17. The van der Waals surface area contributed by atoms with Crippen LogP contribution in [0.15, 0.2) is 34.8 Å². The minimum absolute atomic E-state index is 0.261. The van der Waals surface area contributed by atoms with E-state index in [1.54, 1.807) is 30.3 Å². The molecule has 0 aliphatic rings. The quantitative estimate of drug-likeness (QED) is 0.871. The van der Waals surface area contributed by atoms with E-state index in [0.717, 1.165) is 0 Å². The van der Waals surface area contributed by atoms with Crippen molar-refractivity contribution in [3.63, 3.8) is 0 Å². The fourth-order valence-electron chi connectivity index (χ4n) is 1.63. The van der Waals surface area contributed by atoms with Crippen molar-refractivity contribution < 1.29 is 9.13 Å². The van der Waals surface area contributed by atoms with Crippen LogP contribution in [0.2, 0.25) is 0 Å². The molecular weight excluding hydrogens is 313 g/mol. The first kappa shape index (κ1) is 13.4. The fourth-order valence-corrected chi connectivity index (χ4v) is 2.01. The number of ether oxygens (including phenoxy) is 1. The smallest absolute Gasteiger partial charge is 0.233 e. The van der Waals surface area contributed by atoms with E-state index in [1.807, 2.05) is 6.07 Å². The lowest BCUT2D eigenvalue weighted by atomic mass is 9.96. The van der Waals surface area contributed by atoms with Crippen molar-refractivity contribution in [3.8, 4) is 11.9 Å². The second kappa shape index (κ2) is 5.76. The van der Waals surface area contributed by atoms with Gasteiger partial charge >= 0.3 is 0 Å². The predicted octanol–water partition coefficient (Wildman–Crippen LogP) is 3.04. The monoisotopic (exact) mass is 321 g/mol. The molecule has 0 spiro atoms. The Bertz CT molecular complexity index is 625. The number of benzene rings is 1. The van der Waals surface area contributed by atoms with E-state index in [9.17, 15) is 9.65 Å². The van der Waals surface area contributed by atoms with E-state index < -0.39 is 11.7 Å². The van der Waals surface area contributed by atoms with Crippen LogP contribution in [0.3, 0.4) is 0 Å². The number of methoxy groups -OCH3 is 1. The molecule has 0 saturated heterocycles. The van der Waals surface area contributed by atoms with E-state index in [0.29, 0.717) is 16.0 Å². The van der Waals surface area contributed by atoms with Gasteiger partial charge in [0.15, 0.2) is 0 Å². The molecule has 0 N–H and O–H groups in total. The van der Waals surface area contributed by atoms with Gasteiger partial charge in [0, 0.05) is 11.6 Å². The molecule has 0 bridgehead atoms. The van der Waals surface area contributed by atoms with Crippen molar-refractivity contribution in [2.45, 2.75) is 5.92 Å². The van der Waals surface area contributed by atoms with Gasteiger partial charge in [-0.2, -0.15) is 10.4 Å². The van der Waals surface area contributed by atoms with Crippen LogP contribution in [0.1, 0.15) is 17.2 Å². The van der Waals surface area contributed by atoms with Gasteiger partial charge in [-0.25, -0.2) is 4.39 Å². The molecule has 1 heterocycles. The van der Waals surface area contributed by atoms with Crippen LogP contribution in [0.4, 0.5) is 4.39 Å². The van der Waals surface area contributed by atoms with E-state index in [1.165, 1.54) is 7.11 Å². The van der Waals surface area contributed by atoms with Crippen LogP contribution in [-0.4, -0.2) is 17.3 Å². The van der Waals surface area contributed by atoms with Gasteiger partial charge in [-0.1, -0.05) is 12.1 Å². The Morgan fingerprint density at radius 3 is 2.68 bits per heavy atom. The van der Waals surface area contributed by atoms with Gasteiger partial charge in [-0.15, -0.1) is 5.10 Å². The van der Waals surface area contributed by atoms with Crippen LogP contribution in [0.5, 0.6) is 5.88 Å². The third-order valence-electron chi connectivity index (χ3n) is 2.59. The van der Waals surface area contributed by atoms with Crippen LogP contribution in [-0.2, 0) is 0 Å². The van der Waals surface area contributed by atoms with Gasteiger partial charge in [0.1, 0.15) is 11.7 Å². The first-order valence-electron chi connectivity index (χ1n) is 5.38. The maximum Gasteiger partial charge on any atom is 0.233 e. The van der Waals surface area contributed by atoms with Crippen molar-refractivity contribution in [1.29, 1.82) is 5.26 Å². The van der Waals surface area contributed by atoms with Crippen molar-refractivity contribution >= 4 is 15.9 Å². The number of rotatable bonds is 3. The summed E-state index contributed by atoms with van der Waals surface area (Å²) in [4.78, 5) is 0. The third kappa shape index (κ3) is 2.71. The summed E-state index contributed by atoms with van der Waals surface area (Å²) in [6.07, 6.45) is 0. The number of nitriles is 1. The molecule has 19 heavy (non-hydrogen) atoms. The normalized spacial score (nSPS) is 11.7. The lowest BCUT2D eigenvalue weighted by Gasteiger charge is -2.10. The summed E-state index contributed by atoms with van der Waals surface area (Å²) in [5.41, 5.74) is 0.636. The summed E-state index contributed by atoms with van der Waals surface area (Å²) in [5, 5.41) is 16.9. The first-order valence-corrected chi connectivity index (χ1v) is 6.17. The zero-order chi connectivity index (χ0) is 13.8. The highest BCUT2D eigenvalue weighted by atomic mass is 79.9. The molecule has 0 fully saturated rings. The predicted molar refractivity (Wildman–Crippen MR) is 70.1 cm³/mol. The lowest BCUT2D eigenvalue weighted by Crippen LogP contribution is -2.05. The number of hydrogen-bond donors (Lipinski definition) is 0. The molecule has 1 aromatic heterocycles. The third-order valence-corrected chi connectivity index (χ3v) is 3.20. The summed E-state index contributed by atoms with van der Waals surface area (Å²) >= 11 is 3.10. The number of aromatic nitrogens is 2. The maximum atomic E-state index is 14.0. The number of halogens is 2. The highest BCUT2D eigenvalue weighted by molar-refractivity contribution is 9.10. The van der Waals surface area contributed by atoms with Gasteiger partial charge in [-0.3, -0.25) is 0 Å². The lowest BCUT2D eigenvalue weighted by molar-refractivity contribution is 0.391. The van der Waals surface area contributed by atoms with Crippen LogP contribution >= 0.6 is 15.9 Å². The van der Waals surface area contributed by atoms with Crippen molar-refractivity contribution in [3.05, 3.63) is 51.9 Å². The average Bonchev–Trinajstić information content (AvgIpc) is 2.45. The minimum atomic E-state index is -0.809. The largest absolute Gasteiger partial charge is 0.480 e. The highest BCUT2D eigenvalue weighted by Gasteiger charge is 2.20. The zero-order valence-electron chi connectivity index (χ0n) is 9.97. The van der Waals surface area contributed by atoms with Gasteiger partial charge in [0.05, 0.1) is 23.3 Å². The van der Waals surface area contributed by atoms with Crippen LogP contribution < -0.4 is 4.74 Å². The topological polar surface area (TPSA) is 58.8 Å². The van der Waals surface area contributed by atoms with E-state index in [4.69, 9.17) is 4.74 Å². The molecule has 0 aliphatic heterocycles. The Morgan fingerprint density at radius 2 is 2.11 bits per heavy atom. The summed E-state index contributed by atoms with van der Waals surface area (Å²) in [5.74, 6) is -0.933. The molecular formula is C13H9BrFN3O. The fraction of sp³-hybridized carbons (Fsp3) is 0.154. The molecule has 6 heteroatoms. The molecule has 4 nitrogen and oxygen atoms in total. The van der Waals surface area contributed by atoms with Gasteiger partial charge in [0.2, 0.25) is 5.88 Å². The SMILES string of the molecule is COc1ccc(C(C#N)c2cccc(Br)c2F)nn1. The molecule has 1 unspecified atom stereocenters.